The van der Waals surface area contributed by atoms with E-state index >= 15 is 0 Å². The van der Waals surface area contributed by atoms with Gasteiger partial charge >= 0.3 is 0 Å². The zero-order chi connectivity index (χ0) is 37.0. The minimum Gasteiger partial charge on any atom is -0.309 e. The van der Waals surface area contributed by atoms with Crippen LogP contribution in [-0.2, 0) is 0 Å². The molecule has 0 radical (unpaired) electrons. The number of hydrogen-bond acceptors (Lipinski definition) is 4. The number of hydrogen-bond donors (Lipinski definition) is 0. The van der Waals surface area contributed by atoms with Crippen molar-refractivity contribution >= 4 is 53.3 Å². The molecule has 262 valence electrons. The molecular weight excluding hydrogens is 701 g/mol. The second-order valence-electron chi connectivity index (χ2n) is 14.1. The van der Waals surface area contributed by atoms with Crippen molar-refractivity contribution in [2.24, 2.45) is 0 Å². The first kappa shape index (κ1) is 32.2. The molecule has 4 nitrogen and oxygen atoms in total. The number of rotatable bonds is 6. The van der Waals surface area contributed by atoms with E-state index in [1.807, 2.05) is 72.0 Å². The molecule has 5 heteroatoms. The van der Waals surface area contributed by atoms with Gasteiger partial charge in [-0.3, -0.25) is 0 Å². The third-order valence-electron chi connectivity index (χ3n) is 10.6. The van der Waals surface area contributed by atoms with Gasteiger partial charge in [0.05, 0.1) is 11.0 Å². The van der Waals surface area contributed by atoms with Crippen LogP contribution in [0.1, 0.15) is 0 Å². The average molecular weight is 733 g/mol. The molecule has 3 heterocycles. The van der Waals surface area contributed by atoms with Gasteiger partial charge in [0.2, 0.25) is 0 Å². The van der Waals surface area contributed by atoms with Crippen LogP contribution in [0.5, 0.6) is 0 Å². The molecule has 0 unspecified atom stereocenters. The molecule has 56 heavy (non-hydrogen) atoms. The van der Waals surface area contributed by atoms with Crippen LogP contribution in [0.25, 0.3) is 104 Å². The SMILES string of the molecule is c1ccc(-c2cccc(-c3ccc4c5cc6c(cc5n(-c5cccc(-c7nc(-c8ccccc8)nc(-c8ccccc8)n7)c5)c4c3)sc3ccccc36)c2)cc1. The van der Waals surface area contributed by atoms with E-state index in [2.05, 4.69) is 138 Å². The first-order chi connectivity index (χ1) is 27.7. The summed E-state index contributed by atoms with van der Waals surface area (Å²) in [5, 5.41) is 5.02. The second kappa shape index (κ2) is 13.3. The maximum absolute atomic E-state index is 5.07. The van der Waals surface area contributed by atoms with Gasteiger partial charge in [-0.2, -0.15) is 0 Å². The van der Waals surface area contributed by atoms with Gasteiger partial charge in [0, 0.05) is 53.3 Å². The molecule has 0 bridgehead atoms. The summed E-state index contributed by atoms with van der Waals surface area (Å²) in [5.74, 6) is 1.92. The Kier molecular flexibility index (Phi) is 7.64. The Morgan fingerprint density at radius 2 is 0.839 bits per heavy atom. The molecule has 0 aliphatic rings. The third kappa shape index (κ3) is 5.56. The summed E-state index contributed by atoms with van der Waals surface area (Å²) in [7, 11) is 0. The maximum Gasteiger partial charge on any atom is 0.164 e. The van der Waals surface area contributed by atoms with Gasteiger partial charge in [-0.25, -0.2) is 15.0 Å². The Hall–Kier alpha value is -7.21. The van der Waals surface area contributed by atoms with E-state index in [4.69, 9.17) is 15.0 Å². The molecule has 0 aliphatic heterocycles. The van der Waals surface area contributed by atoms with E-state index in [1.54, 1.807) is 0 Å². The Morgan fingerprint density at radius 1 is 0.304 bits per heavy atom. The summed E-state index contributed by atoms with van der Waals surface area (Å²) in [6.45, 7) is 0. The molecular formula is C51H32N4S. The minimum absolute atomic E-state index is 0.630. The minimum atomic E-state index is 0.630. The topological polar surface area (TPSA) is 43.6 Å². The van der Waals surface area contributed by atoms with Crippen LogP contribution >= 0.6 is 11.3 Å². The standard InChI is InChI=1S/C51H32N4S/c1-4-14-33(15-5-1)36-20-12-21-37(28-36)38-26-27-41-43-31-44-42-24-10-11-25-47(42)56-48(44)32-46(43)55(45(41)30-38)40-23-13-22-39(29-40)51-53-49(34-16-6-2-7-17-34)52-50(54-51)35-18-8-3-9-19-35/h1-32H. The lowest BCUT2D eigenvalue weighted by atomic mass is 9.98. The van der Waals surface area contributed by atoms with E-state index in [1.165, 1.54) is 53.2 Å². The lowest BCUT2D eigenvalue weighted by Crippen LogP contribution is -2.01. The second-order valence-corrected chi connectivity index (χ2v) is 15.2. The van der Waals surface area contributed by atoms with Crippen LogP contribution in [0.15, 0.2) is 194 Å². The molecule has 0 saturated heterocycles. The van der Waals surface area contributed by atoms with Crippen molar-refractivity contribution in [2.45, 2.75) is 0 Å². The predicted molar refractivity (Wildman–Crippen MR) is 234 cm³/mol. The van der Waals surface area contributed by atoms with Crippen molar-refractivity contribution in [2.75, 3.05) is 0 Å². The Labute approximate surface area is 327 Å². The molecule has 11 rings (SSSR count). The number of benzene rings is 8. The molecule has 0 fully saturated rings. The largest absolute Gasteiger partial charge is 0.309 e. The van der Waals surface area contributed by atoms with E-state index in [-0.39, 0.29) is 0 Å². The van der Waals surface area contributed by atoms with E-state index in [0.717, 1.165) is 33.4 Å². The quantitative estimate of drug-likeness (QED) is 0.171. The monoisotopic (exact) mass is 732 g/mol. The highest BCUT2D eigenvalue weighted by Gasteiger charge is 2.18. The Balaban J connectivity index is 1.13. The molecule has 0 amide bonds. The number of fused-ring (bicyclic) bond motifs is 6. The van der Waals surface area contributed by atoms with Gasteiger partial charge in [0.1, 0.15) is 0 Å². The van der Waals surface area contributed by atoms with Gasteiger partial charge < -0.3 is 4.57 Å². The summed E-state index contributed by atoms with van der Waals surface area (Å²) in [6.07, 6.45) is 0. The lowest BCUT2D eigenvalue weighted by Gasteiger charge is -2.12. The first-order valence-electron chi connectivity index (χ1n) is 18.8. The summed E-state index contributed by atoms with van der Waals surface area (Å²) < 4.78 is 4.99. The highest BCUT2D eigenvalue weighted by molar-refractivity contribution is 7.25. The molecule has 0 spiro atoms. The molecule has 11 aromatic rings. The maximum atomic E-state index is 5.07. The zero-order valence-electron chi connectivity index (χ0n) is 30.2. The number of aromatic nitrogens is 4. The molecule has 0 aliphatic carbocycles. The molecule has 0 N–H and O–H groups in total. The highest BCUT2D eigenvalue weighted by Crippen LogP contribution is 2.42. The van der Waals surface area contributed by atoms with Gasteiger partial charge in [0.25, 0.3) is 0 Å². The fourth-order valence-electron chi connectivity index (χ4n) is 7.92. The molecule has 3 aromatic heterocycles. The average Bonchev–Trinajstić information content (AvgIpc) is 3.80. The van der Waals surface area contributed by atoms with E-state index < -0.39 is 0 Å². The number of thiophene rings is 1. The van der Waals surface area contributed by atoms with Crippen LogP contribution in [0.3, 0.4) is 0 Å². The normalized spacial score (nSPS) is 11.6. The van der Waals surface area contributed by atoms with Crippen molar-refractivity contribution in [3.05, 3.63) is 194 Å². The van der Waals surface area contributed by atoms with Crippen molar-refractivity contribution in [1.82, 2.24) is 19.5 Å². The summed E-state index contributed by atoms with van der Waals surface area (Å²) >= 11 is 1.85. The fraction of sp³-hybridized carbons (Fsp3) is 0. The Bertz CT molecular complexity index is 3180. The van der Waals surface area contributed by atoms with Crippen LogP contribution in [0, 0.1) is 0 Å². The lowest BCUT2D eigenvalue weighted by molar-refractivity contribution is 1.07. The van der Waals surface area contributed by atoms with E-state index in [0.29, 0.717) is 17.5 Å². The van der Waals surface area contributed by atoms with Gasteiger partial charge in [-0.15, -0.1) is 11.3 Å². The van der Waals surface area contributed by atoms with Gasteiger partial charge in [-0.1, -0.05) is 152 Å². The van der Waals surface area contributed by atoms with Gasteiger partial charge in [0.15, 0.2) is 17.5 Å². The van der Waals surface area contributed by atoms with Crippen LogP contribution in [-0.4, -0.2) is 19.5 Å². The van der Waals surface area contributed by atoms with Crippen LogP contribution in [0.2, 0.25) is 0 Å². The van der Waals surface area contributed by atoms with Crippen molar-refractivity contribution in [3.8, 4) is 62.1 Å². The van der Waals surface area contributed by atoms with Gasteiger partial charge in [-0.05, 0) is 64.7 Å². The van der Waals surface area contributed by atoms with Crippen LogP contribution < -0.4 is 0 Å². The van der Waals surface area contributed by atoms with E-state index in [9.17, 15) is 0 Å². The van der Waals surface area contributed by atoms with Crippen molar-refractivity contribution in [1.29, 1.82) is 0 Å². The van der Waals surface area contributed by atoms with Crippen molar-refractivity contribution < 1.29 is 0 Å². The third-order valence-corrected chi connectivity index (χ3v) is 11.8. The molecule has 0 atom stereocenters. The summed E-state index contributed by atoms with van der Waals surface area (Å²) in [5.41, 5.74) is 10.9. The van der Waals surface area contributed by atoms with Crippen LogP contribution in [0.4, 0.5) is 0 Å². The Morgan fingerprint density at radius 3 is 1.55 bits per heavy atom. The highest BCUT2D eigenvalue weighted by atomic mass is 32.1. The molecule has 8 aromatic carbocycles. The van der Waals surface area contributed by atoms with Crippen molar-refractivity contribution in [3.63, 3.8) is 0 Å². The molecule has 0 saturated carbocycles. The first-order valence-corrected chi connectivity index (χ1v) is 19.6. The fourth-order valence-corrected chi connectivity index (χ4v) is 9.04. The predicted octanol–water partition coefficient (Wildman–Crippen LogP) is 13.7. The zero-order valence-corrected chi connectivity index (χ0v) is 31.0. The number of nitrogens with zero attached hydrogens (tertiary/aromatic N) is 4. The summed E-state index contributed by atoms with van der Waals surface area (Å²) in [6, 6.07) is 68.7. The smallest absolute Gasteiger partial charge is 0.164 e. The summed E-state index contributed by atoms with van der Waals surface area (Å²) in [4.78, 5) is 15.1.